The van der Waals surface area contributed by atoms with E-state index in [0.29, 0.717) is 0 Å². The highest BCUT2D eigenvalue weighted by atomic mass is 16.3. The van der Waals surface area contributed by atoms with Crippen molar-refractivity contribution >= 4 is 96.2 Å². The number of hydrogen-bond acceptors (Lipinski definition) is 4. The van der Waals surface area contributed by atoms with Crippen LogP contribution in [0.1, 0.15) is 137 Å². The Kier molecular flexibility index (Phi) is 11.3. The van der Waals surface area contributed by atoms with E-state index in [0.717, 1.165) is 39.0 Å². The lowest BCUT2D eigenvalue weighted by atomic mass is 9.33. The second-order valence-electron chi connectivity index (χ2n) is 26.3. The highest BCUT2D eigenvalue weighted by Gasteiger charge is 2.48. The molecule has 0 atom stereocenters. The van der Waals surface area contributed by atoms with Gasteiger partial charge in [0.2, 0.25) is 0 Å². The maximum absolute atomic E-state index is 7.33. The van der Waals surface area contributed by atoms with E-state index in [2.05, 4.69) is 283 Å². The monoisotopic (exact) mass is 972 g/mol. The summed E-state index contributed by atoms with van der Waals surface area (Å²) in [5.41, 5.74) is 23.0. The Hall–Kier alpha value is -6.98. The van der Waals surface area contributed by atoms with Crippen molar-refractivity contribution in [1.29, 1.82) is 0 Å². The molecule has 74 heavy (non-hydrogen) atoms. The zero-order valence-electron chi connectivity index (χ0n) is 46.8. The van der Waals surface area contributed by atoms with Crippen LogP contribution >= 0.6 is 0 Å². The Bertz CT molecular complexity index is 3540. The summed E-state index contributed by atoms with van der Waals surface area (Å²) in [7, 11) is 0. The zero-order valence-corrected chi connectivity index (χ0v) is 46.8. The molecule has 4 nitrogen and oxygen atoms in total. The third kappa shape index (κ3) is 7.87. The maximum atomic E-state index is 7.33. The van der Waals surface area contributed by atoms with Crippen molar-refractivity contribution in [2.75, 3.05) is 14.7 Å². The van der Waals surface area contributed by atoms with Gasteiger partial charge in [0.15, 0.2) is 5.58 Å². The lowest BCUT2D eigenvalue weighted by molar-refractivity contribution is 0.573. The summed E-state index contributed by atoms with van der Waals surface area (Å²) in [5.74, 6) is 0. The van der Waals surface area contributed by atoms with Crippen LogP contribution in [0.2, 0.25) is 0 Å². The average Bonchev–Trinajstić information content (AvgIpc) is 3.72. The van der Waals surface area contributed by atoms with E-state index in [-0.39, 0.29) is 33.8 Å². The van der Waals surface area contributed by atoms with Gasteiger partial charge in [0.05, 0.1) is 11.4 Å². The molecular weight excluding hydrogens is 898 g/mol. The molecule has 0 amide bonds. The highest BCUT2D eigenvalue weighted by molar-refractivity contribution is 7.00. The molecule has 0 spiro atoms. The quantitative estimate of drug-likeness (QED) is 0.160. The Morgan fingerprint density at radius 3 is 1.26 bits per heavy atom. The molecule has 0 saturated carbocycles. The third-order valence-corrected chi connectivity index (χ3v) is 15.8. The van der Waals surface area contributed by atoms with Gasteiger partial charge in [0.1, 0.15) is 5.58 Å². The summed E-state index contributed by atoms with van der Waals surface area (Å²) in [5, 5.41) is 2.24. The van der Waals surface area contributed by atoms with Crippen LogP contribution in [0.4, 0.5) is 51.2 Å². The molecule has 5 heteroatoms. The minimum atomic E-state index is -0.184. The van der Waals surface area contributed by atoms with Gasteiger partial charge in [0.25, 0.3) is 6.71 Å². The first-order valence-corrected chi connectivity index (χ1v) is 26.9. The Balaban J connectivity index is 1.37. The molecule has 0 N–H and O–H groups in total. The molecule has 8 aromatic carbocycles. The fourth-order valence-electron chi connectivity index (χ4n) is 12.3. The molecular formula is C69H74BN3O. The minimum Gasteiger partial charge on any atom is -0.454 e. The number of anilines is 9. The Morgan fingerprint density at radius 1 is 0.378 bits per heavy atom. The van der Waals surface area contributed by atoms with Gasteiger partial charge < -0.3 is 19.1 Å². The molecule has 0 fully saturated rings. The van der Waals surface area contributed by atoms with Crippen molar-refractivity contribution in [2.45, 2.75) is 138 Å². The molecule has 2 aliphatic heterocycles. The number of nitrogens with zero attached hydrogens (tertiary/aromatic N) is 3. The van der Waals surface area contributed by atoms with Crippen LogP contribution in [0.5, 0.6) is 0 Å². The van der Waals surface area contributed by atoms with Gasteiger partial charge >= 0.3 is 0 Å². The predicted octanol–water partition coefficient (Wildman–Crippen LogP) is 17.9. The molecule has 11 rings (SSSR count). The van der Waals surface area contributed by atoms with Crippen molar-refractivity contribution in [3.05, 3.63) is 191 Å². The molecule has 1 aromatic heterocycles. The summed E-state index contributed by atoms with van der Waals surface area (Å²) < 4.78 is 7.33. The normalized spacial score (nSPS) is 13.9. The average molecular weight is 972 g/mol. The van der Waals surface area contributed by atoms with Crippen LogP contribution in [0.15, 0.2) is 162 Å². The minimum absolute atomic E-state index is 0.0683. The van der Waals surface area contributed by atoms with Crippen LogP contribution in [-0.4, -0.2) is 6.71 Å². The smallest absolute Gasteiger partial charge is 0.252 e. The van der Waals surface area contributed by atoms with E-state index in [1.807, 2.05) is 0 Å². The Morgan fingerprint density at radius 2 is 0.770 bits per heavy atom. The van der Waals surface area contributed by atoms with Crippen molar-refractivity contribution in [3.63, 3.8) is 0 Å². The van der Waals surface area contributed by atoms with Crippen molar-refractivity contribution in [1.82, 2.24) is 0 Å². The number of furan rings is 1. The predicted molar refractivity (Wildman–Crippen MR) is 321 cm³/mol. The van der Waals surface area contributed by atoms with E-state index in [4.69, 9.17) is 4.42 Å². The van der Waals surface area contributed by atoms with Crippen LogP contribution in [-0.2, 0) is 27.1 Å². The second kappa shape index (κ2) is 17.0. The fraction of sp³-hybridized carbons (Fsp3) is 0.304. The van der Waals surface area contributed by atoms with Gasteiger partial charge in [-0.3, -0.25) is 0 Å². The lowest BCUT2D eigenvalue weighted by Crippen LogP contribution is -2.62. The SMILES string of the molecule is Cc1ccccc1N(c1cc2c3c(c1)N(c1ccccc1C(C)(C)C)c1c(cccc1C(C)(C)C)B3c1cccc(C(C)(C)C)c1N2c1ccccc1C(C)(C)C)c1cccc2c1oc1c(C(C)(C)C)cccc12. The second-order valence-corrected chi connectivity index (χ2v) is 26.3. The number of aryl methyl sites for hydroxylation is 1. The summed E-state index contributed by atoms with van der Waals surface area (Å²) in [6, 6.07) is 59.9. The van der Waals surface area contributed by atoms with Crippen molar-refractivity contribution in [2.24, 2.45) is 0 Å². The van der Waals surface area contributed by atoms with E-state index in [1.165, 1.54) is 83.9 Å². The number of hydrogen-bond donors (Lipinski definition) is 0. The van der Waals surface area contributed by atoms with E-state index in [1.54, 1.807) is 0 Å². The number of benzene rings is 8. The number of para-hydroxylation sites is 7. The lowest BCUT2D eigenvalue weighted by Gasteiger charge is -2.48. The molecule has 0 unspecified atom stereocenters. The van der Waals surface area contributed by atoms with Gasteiger partial charge in [-0.1, -0.05) is 225 Å². The maximum Gasteiger partial charge on any atom is 0.252 e. The summed E-state index contributed by atoms with van der Waals surface area (Å²) in [6.07, 6.45) is 0. The largest absolute Gasteiger partial charge is 0.454 e. The third-order valence-electron chi connectivity index (χ3n) is 15.8. The van der Waals surface area contributed by atoms with Gasteiger partial charge in [0, 0.05) is 56.1 Å². The van der Waals surface area contributed by atoms with Crippen LogP contribution in [0, 0.1) is 6.92 Å². The topological polar surface area (TPSA) is 22.9 Å². The zero-order chi connectivity index (χ0) is 52.6. The van der Waals surface area contributed by atoms with E-state index >= 15 is 0 Å². The Labute approximate surface area is 442 Å². The van der Waals surface area contributed by atoms with Crippen LogP contribution < -0.4 is 31.1 Å². The molecule has 374 valence electrons. The van der Waals surface area contributed by atoms with E-state index < -0.39 is 0 Å². The van der Waals surface area contributed by atoms with E-state index in [9.17, 15) is 0 Å². The molecule has 9 aromatic rings. The summed E-state index contributed by atoms with van der Waals surface area (Å²) >= 11 is 0. The van der Waals surface area contributed by atoms with Crippen LogP contribution in [0.25, 0.3) is 21.9 Å². The molecule has 0 saturated heterocycles. The first kappa shape index (κ1) is 49.2. The van der Waals surface area contributed by atoms with Crippen LogP contribution in [0.3, 0.4) is 0 Å². The van der Waals surface area contributed by atoms with Gasteiger partial charge in [-0.05, 0) is 115 Å². The number of fused-ring (bicyclic) bond motifs is 7. The first-order valence-electron chi connectivity index (χ1n) is 26.9. The summed E-state index contributed by atoms with van der Waals surface area (Å²) in [6.45, 7) is 37.4. The molecule has 2 aliphatic rings. The molecule has 3 heterocycles. The van der Waals surface area contributed by atoms with Gasteiger partial charge in [-0.25, -0.2) is 0 Å². The molecule has 0 aliphatic carbocycles. The molecule has 0 bridgehead atoms. The van der Waals surface area contributed by atoms with Crippen molar-refractivity contribution in [3.8, 4) is 0 Å². The van der Waals surface area contributed by atoms with Crippen molar-refractivity contribution < 1.29 is 4.42 Å². The van der Waals surface area contributed by atoms with Gasteiger partial charge in [-0.2, -0.15) is 0 Å². The fourth-order valence-corrected chi connectivity index (χ4v) is 12.3. The number of rotatable bonds is 5. The summed E-state index contributed by atoms with van der Waals surface area (Å²) in [4.78, 5) is 7.85. The highest BCUT2D eigenvalue weighted by Crippen LogP contribution is 2.54. The molecule has 0 radical (unpaired) electrons. The standard InChI is InChI=1S/C69H74BN3O/c1-43-27-17-20-37-54(43)71(57-40-24-29-46-45-28-23-34-51(69(14,15)16)63(45)74-64(46)57)44-41-58-60-59(42-44)73(56-39-22-19-31-48(56)66(5,6)7)62-50(68(11,12)13)33-26-36-53(62)70(60)52-35-25-32-49(67(8,9)10)61(52)72(58)55-38-21-18-30-47(55)65(2,3)4/h17-42H,1-16H3. The first-order chi connectivity index (χ1) is 34.9. The van der Waals surface area contributed by atoms with Gasteiger partial charge in [-0.15, -0.1) is 0 Å².